The molecule has 6 heteroatoms. The van der Waals surface area contributed by atoms with Gasteiger partial charge in [-0.3, -0.25) is 0 Å². The zero-order valence-electron chi connectivity index (χ0n) is 6.27. The van der Waals surface area contributed by atoms with Crippen LogP contribution in [0.2, 0.25) is 0 Å². The minimum absolute atomic E-state index is 0.389. The maximum atomic E-state index is 5.42. The molecule has 1 radical (unpaired) electrons. The van der Waals surface area contributed by atoms with Crippen molar-refractivity contribution in [2.75, 3.05) is 12.8 Å². The number of nitrogens with two attached hydrogens (primary N) is 1. The summed E-state index contributed by atoms with van der Waals surface area (Å²) in [6.07, 6.45) is 0. The second-order valence-corrected chi connectivity index (χ2v) is 2.89. The molecule has 1 aromatic heterocycles. The quantitative estimate of drug-likeness (QED) is 0.448. The summed E-state index contributed by atoms with van der Waals surface area (Å²) in [5.74, 6) is 0. The highest BCUT2D eigenvalue weighted by atomic mass is 32.1. The van der Waals surface area contributed by atoms with Crippen molar-refractivity contribution < 1.29 is 4.84 Å². The summed E-state index contributed by atoms with van der Waals surface area (Å²) >= 11 is 5.91. The van der Waals surface area contributed by atoms with Gasteiger partial charge in [-0.2, -0.15) is 0 Å². The van der Waals surface area contributed by atoms with Crippen molar-refractivity contribution in [2.24, 2.45) is 5.16 Å². The first-order valence-electron chi connectivity index (χ1n) is 2.98. The van der Waals surface area contributed by atoms with Crippen molar-refractivity contribution in [3.8, 4) is 0 Å². The van der Waals surface area contributed by atoms with Crippen LogP contribution in [0.5, 0.6) is 0 Å². The zero-order valence-corrected chi connectivity index (χ0v) is 7.91. The summed E-state index contributed by atoms with van der Waals surface area (Å²) in [4.78, 5) is 8.50. The minimum atomic E-state index is 0.389. The molecule has 63 valence electrons. The fourth-order valence-electron chi connectivity index (χ4n) is 0.605. The number of hydrogen-bond acceptors (Lipinski definition) is 6. The molecule has 2 N–H and O–H groups in total. The molecule has 4 nitrogen and oxygen atoms in total. The number of nitrogens with zero attached hydrogens (tertiary/aromatic N) is 2. The molecule has 0 fully saturated rings. The maximum absolute atomic E-state index is 5.42. The van der Waals surface area contributed by atoms with E-state index in [0.717, 1.165) is 0 Å². The molecule has 0 aliphatic rings. The van der Waals surface area contributed by atoms with Crippen LogP contribution >= 0.6 is 23.6 Å². The van der Waals surface area contributed by atoms with E-state index in [1.807, 2.05) is 0 Å². The van der Waals surface area contributed by atoms with E-state index in [1.165, 1.54) is 18.4 Å². The third kappa shape index (κ3) is 1.99. The van der Waals surface area contributed by atoms with Crippen molar-refractivity contribution >= 4 is 39.8 Å². The largest absolute Gasteiger partial charge is 0.399 e. The molecule has 0 aliphatic carbocycles. The Kier molecular flexibility index (Phi) is 3.12. The number of thiazole rings is 1. The van der Waals surface area contributed by atoms with Crippen LogP contribution in [0.25, 0.3) is 0 Å². The standard InChI is InChI=1S/C6H6N3OS2/c1-10-9-4(2-11)5-3-12-6(7)8-5/h3H,1H3,(H2,7,8)/b9-4+. The average molecular weight is 200 g/mol. The first-order valence-corrected chi connectivity index (χ1v) is 4.27. The van der Waals surface area contributed by atoms with Gasteiger partial charge in [0.15, 0.2) is 5.13 Å². The highest BCUT2D eigenvalue weighted by molar-refractivity contribution is 7.80. The van der Waals surface area contributed by atoms with Crippen molar-refractivity contribution in [2.45, 2.75) is 0 Å². The van der Waals surface area contributed by atoms with Gasteiger partial charge in [-0.15, -0.1) is 11.3 Å². The summed E-state index contributed by atoms with van der Waals surface area (Å²) in [6, 6.07) is 0. The monoisotopic (exact) mass is 200 g/mol. The van der Waals surface area contributed by atoms with Crippen molar-refractivity contribution in [1.82, 2.24) is 4.98 Å². The molecule has 0 saturated carbocycles. The molecule has 0 aliphatic heterocycles. The Morgan fingerprint density at radius 3 is 3.08 bits per heavy atom. The fourth-order valence-corrected chi connectivity index (χ4v) is 1.29. The maximum Gasteiger partial charge on any atom is 0.180 e. The molecule has 0 aromatic carbocycles. The number of oxime groups is 1. The van der Waals surface area contributed by atoms with Gasteiger partial charge in [0.05, 0.1) is 5.37 Å². The van der Waals surface area contributed by atoms with Crippen LogP contribution in [0.1, 0.15) is 5.69 Å². The highest BCUT2D eigenvalue weighted by Gasteiger charge is 2.05. The van der Waals surface area contributed by atoms with Gasteiger partial charge in [0.25, 0.3) is 0 Å². The Morgan fingerprint density at radius 2 is 2.67 bits per heavy atom. The Morgan fingerprint density at radius 1 is 1.92 bits per heavy atom. The second-order valence-electron chi connectivity index (χ2n) is 1.80. The lowest BCUT2D eigenvalue weighted by molar-refractivity contribution is 0.214. The third-order valence-corrected chi connectivity index (χ3v) is 1.91. The van der Waals surface area contributed by atoms with E-state index in [4.69, 9.17) is 5.73 Å². The van der Waals surface area contributed by atoms with Crippen molar-refractivity contribution in [3.63, 3.8) is 0 Å². The molecule has 0 bridgehead atoms. The van der Waals surface area contributed by atoms with Gasteiger partial charge >= 0.3 is 0 Å². The second kappa shape index (κ2) is 4.13. The number of thiocarbonyl (C=S) groups is 1. The molecule has 1 heterocycles. The van der Waals surface area contributed by atoms with Gasteiger partial charge < -0.3 is 10.6 Å². The first-order chi connectivity index (χ1) is 5.77. The summed E-state index contributed by atoms with van der Waals surface area (Å²) in [6.45, 7) is 0. The fraction of sp³-hybridized carbons (Fsp3) is 0.167. The molecule has 0 amide bonds. The predicted octanol–water partition coefficient (Wildman–Crippen LogP) is 0.952. The normalized spacial score (nSPS) is 11.2. The lowest BCUT2D eigenvalue weighted by Gasteiger charge is -1.91. The molecule has 0 atom stereocenters. The summed E-state index contributed by atoms with van der Waals surface area (Å²) < 4.78 is 0. The van der Waals surface area contributed by atoms with Gasteiger partial charge in [-0.25, -0.2) is 4.98 Å². The van der Waals surface area contributed by atoms with E-state index in [1.54, 1.807) is 5.38 Å². The number of anilines is 1. The Balaban J connectivity index is 2.94. The van der Waals surface area contributed by atoms with Crippen molar-refractivity contribution in [3.05, 3.63) is 11.1 Å². The number of hydrogen-bond donors (Lipinski definition) is 1. The van der Waals surface area contributed by atoms with Crippen LogP contribution in [-0.4, -0.2) is 23.2 Å². The van der Waals surface area contributed by atoms with Crippen LogP contribution in [0.15, 0.2) is 10.5 Å². The van der Waals surface area contributed by atoms with E-state index in [-0.39, 0.29) is 0 Å². The Labute approximate surface area is 79.0 Å². The van der Waals surface area contributed by atoms with Crippen LogP contribution in [0.4, 0.5) is 5.13 Å². The Hall–Kier alpha value is -1.01. The average Bonchev–Trinajstić information content (AvgIpc) is 2.47. The van der Waals surface area contributed by atoms with Crippen LogP contribution < -0.4 is 5.73 Å². The summed E-state index contributed by atoms with van der Waals surface area (Å²) in [5.41, 5.74) is 6.40. The van der Waals surface area contributed by atoms with Gasteiger partial charge in [0, 0.05) is 5.38 Å². The lowest BCUT2D eigenvalue weighted by Crippen LogP contribution is -2.02. The topological polar surface area (TPSA) is 60.5 Å². The van der Waals surface area contributed by atoms with Crippen LogP contribution in [0, 0.1) is 0 Å². The predicted molar refractivity (Wildman–Crippen MR) is 52.7 cm³/mol. The molecule has 12 heavy (non-hydrogen) atoms. The number of nitrogen functional groups attached to an aromatic ring is 1. The number of aromatic nitrogens is 1. The van der Waals surface area contributed by atoms with Gasteiger partial charge in [0.1, 0.15) is 18.5 Å². The molecule has 0 spiro atoms. The number of rotatable bonds is 3. The van der Waals surface area contributed by atoms with E-state index in [2.05, 4.69) is 32.6 Å². The molecule has 1 aromatic rings. The smallest absolute Gasteiger partial charge is 0.180 e. The van der Waals surface area contributed by atoms with E-state index in [9.17, 15) is 0 Å². The molecular formula is C6H6N3OS2. The molecule has 0 saturated heterocycles. The minimum Gasteiger partial charge on any atom is -0.399 e. The van der Waals surface area contributed by atoms with E-state index >= 15 is 0 Å². The molecule has 0 unspecified atom stereocenters. The van der Waals surface area contributed by atoms with Crippen LogP contribution in [0.3, 0.4) is 0 Å². The first kappa shape index (κ1) is 9.08. The molecule has 1 rings (SSSR count). The van der Waals surface area contributed by atoms with Gasteiger partial charge in [0.2, 0.25) is 0 Å². The van der Waals surface area contributed by atoms with Crippen molar-refractivity contribution in [1.29, 1.82) is 0 Å². The van der Waals surface area contributed by atoms with Gasteiger partial charge in [-0.05, 0) is 0 Å². The SMILES string of the molecule is CO/N=C(\[C]=S)c1csc(N)n1. The summed E-state index contributed by atoms with van der Waals surface area (Å²) in [5, 5.41) is 8.26. The van der Waals surface area contributed by atoms with Crippen LogP contribution in [-0.2, 0) is 4.84 Å². The highest BCUT2D eigenvalue weighted by Crippen LogP contribution is 2.11. The van der Waals surface area contributed by atoms with E-state index in [0.29, 0.717) is 16.5 Å². The third-order valence-electron chi connectivity index (χ3n) is 1.04. The van der Waals surface area contributed by atoms with E-state index < -0.39 is 0 Å². The summed E-state index contributed by atoms with van der Waals surface area (Å²) in [7, 11) is 1.43. The zero-order chi connectivity index (χ0) is 8.97. The molecular weight excluding hydrogens is 194 g/mol. The lowest BCUT2D eigenvalue weighted by atomic mass is 10.3. The Bertz CT molecular complexity index is 307. The van der Waals surface area contributed by atoms with Gasteiger partial charge in [-0.1, -0.05) is 17.4 Å².